The lowest BCUT2D eigenvalue weighted by molar-refractivity contribution is -0.141. The van der Waals surface area contributed by atoms with E-state index in [1.54, 1.807) is 18.1 Å². The average molecular weight is 493 g/mol. The lowest BCUT2D eigenvalue weighted by Crippen LogP contribution is -2.34. The van der Waals surface area contributed by atoms with Crippen molar-refractivity contribution in [3.63, 3.8) is 0 Å². The standard InChI is InChI=1S/C24H31F3N6S/c1-17(2)34-32-20-6-3-5-19(13-20)18-9-11-33(12-10-18)16-22(31-28)15-29-14-21-7-4-8-23(30-21)24(25,26)27/h3-8,13,15,17-18,28-29,32H,9-12,14,16H2,1-2H3/b22-15-,31-28?. The first kappa shape index (κ1) is 26.0. The topological polar surface area (TPSA) is 76.4 Å². The highest BCUT2D eigenvalue weighted by molar-refractivity contribution is 8.01. The molecule has 0 unspecified atom stereocenters. The van der Waals surface area contributed by atoms with Crippen LogP contribution in [0, 0.1) is 5.53 Å². The Balaban J connectivity index is 1.48. The SMILES string of the molecule is CC(C)SNc1cccc(C2CCN(C/C(=C/NCc3cccc(C(F)(F)F)n3)N=N)CC2)c1. The van der Waals surface area contributed by atoms with Gasteiger partial charge in [-0.15, -0.1) is 0 Å². The highest BCUT2D eigenvalue weighted by Crippen LogP contribution is 2.31. The second-order valence-corrected chi connectivity index (χ2v) is 9.97. The van der Waals surface area contributed by atoms with Crippen LogP contribution in [0.4, 0.5) is 18.9 Å². The van der Waals surface area contributed by atoms with E-state index in [0.717, 1.165) is 37.7 Å². The number of benzene rings is 1. The van der Waals surface area contributed by atoms with Crippen molar-refractivity contribution in [1.82, 2.24) is 15.2 Å². The lowest BCUT2D eigenvalue weighted by atomic mass is 9.89. The van der Waals surface area contributed by atoms with E-state index in [2.05, 4.69) is 63.1 Å². The molecule has 1 saturated heterocycles. The Morgan fingerprint density at radius 2 is 1.97 bits per heavy atom. The third-order valence-electron chi connectivity index (χ3n) is 5.54. The van der Waals surface area contributed by atoms with Crippen LogP contribution in [-0.2, 0) is 12.7 Å². The lowest BCUT2D eigenvalue weighted by Gasteiger charge is -2.32. The molecule has 1 aliphatic rings. The van der Waals surface area contributed by atoms with Crippen molar-refractivity contribution in [2.24, 2.45) is 5.11 Å². The van der Waals surface area contributed by atoms with Crippen LogP contribution in [0.5, 0.6) is 0 Å². The van der Waals surface area contributed by atoms with E-state index >= 15 is 0 Å². The van der Waals surface area contributed by atoms with E-state index in [-0.39, 0.29) is 12.2 Å². The minimum absolute atomic E-state index is 0.129. The van der Waals surface area contributed by atoms with Crippen LogP contribution in [0.25, 0.3) is 0 Å². The second-order valence-electron chi connectivity index (χ2n) is 8.58. The predicted octanol–water partition coefficient (Wildman–Crippen LogP) is 6.41. The van der Waals surface area contributed by atoms with Gasteiger partial charge in [-0.3, -0.25) is 4.90 Å². The van der Waals surface area contributed by atoms with E-state index in [9.17, 15) is 13.2 Å². The monoisotopic (exact) mass is 492 g/mol. The van der Waals surface area contributed by atoms with E-state index in [1.165, 1.54) is 17.7 Å². The number of nitrogens with zero attached hydrogens (tertiary/aromatic N) is 3. The summed E-state index contributed by atoms with van der Waals surface area (Å²) in [5, 5.41) is 7.04. The molecule has 184 valence electrons. The van der Waals surface area contributed by atoms with Gasteiger partial charge in [0.15, 0.2) is 0 Å². The number of alkyl halides is 3. The van der Waals surface area contributed by atoms with Crippen LogP contribution in [-0.4, -0.2) is 34.8 Å². The number of piperidine rings is 1. The molecule has 0 saturated carbocycles. The molecule has 1 aliphatic heterocycles. The van der Waals surface area contributed by atoms with Crippen molar-refractivity contribution >= 4 is 17.6 Å². The molecule has 1 aromatic carbocycles. The van der Waals surface area contributed by atoms with E-state index in [4.69, 9.17) is 5.53 Å². The number of aromatic nitrogens is 1. The molecule has 1 aromatic heterocycles. The summed E-state index contributed by atoms with van der Waals surface area (Å²) in [5.74, 6) is 0.493. The number of likely N-dealkylation sites (tertiary alicyclic amines) is 1. The van der Waals surface area contributed by atoms with Crippen LogP contribution in [0.2, 0.25) is 0 Å². The van der Waals surface area contributed by atoms with Crippen LogP contribution in [0.15, 0.2) is 59.5 Å². The summed E-state index contributed by atoms with van der Waals surface area (Å²) in [5.41, 5.74) is 9.82. The molecule has 0 amide bonds. The summed E-state index contributed by atoms with van der Waals surface area (Å²) in [6.45, 7) is 6.74. The molecule has 2 heterocycles. The van der Waals surface area contributed by atoms with Crippen molar-refractivity contribution in [3.05, 3.63) is 71.3 Å². The normalized spacial score (nSPS) is 16.0. The van der Waals surface area contributed by atoms with Gasteiger partial charge in [-0.05, 0) is 73.6 Å². The molecule has 0 radical (unpaired) electrons. The highest BCUT2D eigenvalue weighted by Gasteiger charge is 2.32. The minimum atomic E-state index is -4.47. The van der Waals surface area contributed by atoms with Crippen LogP contribution >= 0.6 is 11.9 Å². The summed E-state index contributed by atoms with van der Waals surface area (Å²) < 4.78 is 41.8. The van der Waals surface area contributed by atoms with Gasteiger partial charge in [-0.2, -0.15) is 18.3 Å². The maximum Gasteiger partial charge on any atom is 0.433 e. The molecule has 3 rings (SSSR count). The van der Waals surface area contributed by atoms with Crippen LogP contribution in [0.3, 0.4) is 0 Å². The Morgan fingerprint density at radius 3 is 2.65 bits per heavy atom. The smallest absolute Gasteiger partial charge is 0.384 e. The van der Waals surface area contributed by atoms with E-state index in [0.29, 0.717) is 23.4 Å². The molecule has 0 atom stereocenters. The average Bonchev–Trinajstić information content (AvgIpc) is 2.82. The minimum Gasteiger partial charge on any atom is -0.384 e. The Morgan fingerprint density at radius 1 is 1.24 bits per heavy atom. The number of halogens is 3. The number of anilines is 1. The van der Waals surface area contributed by atoms with E-state index < -0.39 is 11.9 Å². The van der Waals surface area contributed by atoms with Gasteiger partial charge in [0, 0.05) is 23.7 Å². The summed E-state index contributed by atoms with van der Waals surface area (Å²) in [6, 6.07) is 12.4. The van der Waals surface area contributed by atoms with Gasteiger partial charge in [0.1, 0.15) is 5.69 Å². The van der Waals surface area contributed by atoms with Gasteiger partial charge in [0.25, 0.3) is 0 Å². The predicted molar refractivity (Wildman–Crippen MR) is 131 cm³/mol. The summed E-state index contributed by atoms with van der Waals surface area (Å²) in [4.78, 5) is 5.89. The molecule has 3 N–H and O–H groups in total. The van der Waals surface area contributed by atoms with Gasteiger partial charge in [0.05, 0.1) is 17.9 Å². The summed E-state index contributed by atoms with van der Waals surface area (Å²) >= 11 is 1.70. The fraction of sp³-hybridized carbons (Fsp3) is 0.458. The number of rotatable bonds is 10. The number of pyridine rings is 1. The molecule has 1 fully saturated rings. The summed E-state index contributed by atoms with van der Waals surface area (Å²) in [6.07, 6.45) is -0.839. The van der Waals surface area contributed by atoms with Crippen LogP contribution < -0.4 is 10.0 Å². The van der Waals surface area contributed by atoms with Crippen molar-refractivity contribution in [2.75, 3.05) is 24.4 Å². The van der Waals surface area contributed by atoms with Crippen molar-refractivity contribution < 1.29 is 13.2 Å². The largest absolute Gasteiger partial charge is 0.433 e. The molecule has 0 bridgehead atoms. The Labute approximate surface area is 203 Å². The maximum atomic E-state index is 12.8. The molecule has 6 nitrogen and oxygen atoms in total. The molecule has 0 aliphatic carbocycles. The quantitative estimate of drug-likeness (QED) is 0.264. The van der Waals surface area contributed by atoms with Crippen molar-refractivity contribution in [2.45, 2.75) is 50.6 Å². The molecular weight excluding hydrogens is 461 g/mol. The zero-order valence-corrected chi connectivity index (χ0v) is 20.2. The molecule has 2 aromatic rings. The fourth-order valence-corrected chi connectivity index (χ4v) is 4.32. The Kier molecular flexibility index (Phi) is 9.35. The highest BCUT2D eigenvalue weighted by atomic mass is 32.2. The second kappa shape index (κ2) is 12.2. The zero-order chi connectivity index (χ0) is 24.6. The molecule has 34 heavy (non-hydrogen) atoms. The van der Waals surface area contributed by atoms with Gasteiger partial charge >= 0.3 is 6.18 Å². The Hall–Kier alpha value is -2.59. The number of nitrogens with one attached hydrogen (secondary N) is 3. The summed E-state index contributed by atoms with van der Waals surface area (Å²) in [7, 11) is 0. The van der Waals surface area contributed by atoms with Crippen LogP contribution in [0.1, 0.15) is 49.6 Å². The van der Waals surface area contributed by atoms with Gasteiger partial charge < -0.3 is 10.0 Å². The third kappa shape index (κ3) is 8.02. The molecule has 0 spiro atoms. The zero-order valence-electron chi connectivity index (χ0n) is 19.4. The molecular formula is C24H31F3N6S. The first-order chi connectivity index (χ1) is 16.2. The third-order valence-corrected chi connectivity index (χ3v) is 6.36. The first-order valence-corrected chi connectivity index (χ1v) is 12.2. The number of hydrogen-bond donors (Lipinski definition) is 3. The van der Waals surface area contributed by atoms with Gasteiger partial charge in [-0.25, -0.2) is 10.5 Å². The number of hydrogen-bond acceptors (Lipinski definition) is 7. The maximum absolute atomic E-state index is 12.8. The van der Waals surface area contributed by atoms with E-state index in [1.807, 2.05) is 0 Å². The van der Waals surface area contributed by atoms with Crippen molar-refractivity contribution in [1.29, 1.82) is 5.53 Å². The Bertz CT molecular complexity index is 971. The first-order valence-electron chi connectivity index (χ1n) is 11.3. The van der Waals surface area contributed by atoms with Gasteiger partial charge in [-0.1, -0.05) is 32.0 Å². The van der Waals surface area contributed by atoms with Crippen molar-refractivity contribution in [3.8, 4) is 0 Å². The fourth-order valence-electron chi connectivity index (χ4n) is 3.82. The van der Waals surface area contributed by atoms with Gasteiger partial charge in [0.2, 0.25) is 0 Å². The molecule has 10 heteroatoms.